The summed E-state index contributed by atoms with van der Waals surface area (Å²) >= 11 is 0. The van der Waals surface area contributed by atoms with Gasteiger partial charge in [0.2, 0.25) is 0 Å². The van der Waals surface area contributed by atoms with Crippen LogP contribution < -0.4 is 10.6 Å². The lowest BCUT2D eigenvalue weighted by molar-refractivity contribution is -0.137. The van der Waals surface area contributed by atoms with Crippen LogP contribution in [0.3, 0.4) is 0 Å². The molecule has 1 aliphatic heterocycles. The lowest BCUT2D eigenvalue weighted by Crippen LogP contribution is -2.39. The zero-order valence-corrected chi connectivity index (χ0v) is 14.1. The number of halogens is 3. The van der Waals surface area contributed by atoms with E-state index in [1.165, 1.54) is 18.5 Å². The predicted molar refractivity (Wildman–Crippen MR) is 92.5 cm³/mol. The van der Waals surface area contributed by atoms with Crippen LogP contribution in [-0.4, -0.2) is 54.3 Å². The molecular weight excluding hydrogens is 347 g/mol. The Balaban J connectivity index is 1.53. The molecule has 2 N–H and O–H groups in total. The summed E-state index contributed by atoms with van der Waals surface area (Å²) in [5.41, 5.74) is -0.160. The van der Waals surface area contributed by atoms with Gasteiger partial charge in [-0.05, 0) is 24.3 Å². The third-order valence-electron chi connectivity index (χ3n) is 3.99. The quantitative estimate of drug-likeness (QED) is 0.819. The molecule has 1 saturated heterocycles. The second kappa shape index (κ2) is 8.33. The highest BCUT2D eigenvalue weighted by molar-refractivity contribution is 5.59. The van der Waals surface area contributed by atoms with E-state index in [0.717, 1.165) is 51.5 Å². The van der Waals surface area contributed by atoms with Crippen LogP contribution in [0.15, 0.2) is 36.7 Å². The van der Waals surface area contributed by atoms with Gasteiger partial charge in [-0.1, -0.05) is 0 Å². The normalized spacial score (nSPS) is 15.7. The van der Waals surface area contributed by atoms with Gasteiger partial charge in [-0.2, -0.15) is 13.2 Å². The Bertz CT molecular complexity index is 702. The molecule has 0 bridgehead atoms. The fraction of sp³-hybridized carbons (Fsp3) is 0.412. The molecule has 0 aliphatic carbocycles. The standard InChI is InChI=1S/C17H20F3N5O/c18-17(19,20)13-1-3-14(4-2-13)24-16-11-15(22-12-23-16)21-5-6-25-7-9-26-10-8-25/h1-4,11-12H,5-10H2,(H2,21,22,23,24). The third-order valence-corrected chi connectivity index (χ3v) is 3.99. The molecule has 0 amide bonds. The number of ether oxygens (including phenoxy) is 1. The summed E-state index contributed by atoms with van der Waals surface area (Å²) in [6, 6.07) is 6.53. The molecular formula is C17H20F3N5O. The number of morpholine rings is 1. The van der Waals surface area contributed by atoms with E-state index in [0.29, 0.717) is 17.3 Å². The minimum Gasteiger partial charge on any atom is -0.379 e. The maximum Gasteiger partial charge on any atom is 0.416 e. The smallest absolute Gasteiger partial charge is 0.379 e. The van der Waals surface area contributed by atoms with Crippen LogP contribution in [0, 0.1) is 0 Å². The minimum atomic E-state index is -4.34. The molecule has 1 fully saturated rings. The molecule has 2 heterocycles. The molecule has 0 radical (unpaired) electrons. The summed E-state index contributed by atoms with van der Waals surface area (Å²) in [6.45, 7) is 4.98. The summed E-state index contributed by atoms with van der Waals surface area (Å²) in [5, 5.41) is 6.20. The van der Waals surface area contributed by atoms with Gasteiger partial charge in [0.05, 0.1) is 18.8 Å². The maximum atomic E-state index is 12.6. The largest absolute Gasteiger partial charge is 0.416 e. The predicted octanol–water partition coefficient (Wildman–Crippen LogP) is 2.98. The second-order valence-electron chi connectivity index (χ2n) is 5.87. The number of anilines is 3. The third kappa shape index (κ3) is 5.30. The summed E-state index contributed by atoms with van der Waals surface area (Å²) in [4.78, 5) is 10.6. The average Bonchev–Trinajstić information content (AvgIpc) is 2.63. The Morgan fingerprint density at radius 1 is 1.04 bits per heavy atom. The number of nitrogens with zero attached hydrogens (tertiary/aromatic N) is 3. The van der Waals surface area contributed by atoms with Crippen LogP contribution in [0.1, 0.15) is 5.56 Å². The SMILES string of the molecule is FC(F)(F)c1ccc(Nc2cc(NCCN3CCOCC3)ncn2)cc1. The highest BCUT2D eigenvalue weighted by Crippen LogP contribution is 2.30. The van der Waals surface area contributed by atoms with E-state index in [2.05, 4.69) is 25.5 Å². The number of benzene rings is 1. The molecule has 2 aromatic rings. The molecule has 0 spiro atoms. The number of aromatic nitrogens is 2. The lowest BCUT2D eigenvalue weighted by Gasteiger charge is -2.26. The summed E-state index contributed by atoms with van der Waals surface area (Å²) in [5.74, 6) is 1.16. The van der Waals surface area contributed by atoms with E-state index in [9.17, 15) is 13.2 Å². The zero-order chi connectivity index (χ0) is 18.4. The van der Waals surface area contributed by atoms with Crippen LogP contribution >= 0.6 is 0 Å². The highest BCUT2D eigenvalue weighted by Gasteiger charge is 2.29. The fourth-order valence-corrected chi connectivity index (χ4v) is 2.58. The second-order valence-corrected chi connectivity index (χ2v) is 5.87. The van der Waals surface area contributed by atoms with Gasteiger partial charge in [0.1, 0.15) is 18.0 Å². The van der Waals surface area contributed by atoms with E-state index in [-0.39, 0.29) is 0 Å². The Morgan fingerprint density at radius 3 is 2.42 bits per heavy atom. The van der Waals surface area contributed by atoms with Crippen LogP contribution in [0.2, 0.25) is 0 Å². The van der Waals surface area contributed by atoms with Crippen LogP contribution in [-0.2, 0) is 10.9 Å². The molecule has 1 aromatic heterocycles. The van der Waals surface area contributed by atoms with Crippen molar-refractivity contribution in [2.75, 3.05) is 50.0 Å². The molecule has 0 atom stereocenters. The Kier molecular flexibility index (Phi) is 5.89. The van der Waals surface area contributed by atoms with Crippen LogP contribution in [0.5, 0.6) is 0 Å². The van der Waals surface area contributed by atoms with E-state index in [4.69, 9.17) is 4.74 Å². The van der Waals surface area contributed by atoms with Gasteiger partial charge in [0, 0.05) is 37.9 Å². The Morgan fingerprint density at radius 2 is 1.73 bits per heavy atom. The first-order valence-corrected chi connectivity index (χ1v) is 8.31. The number of hydrogen-bond donors (Lipinski definition) is 2. The first-order valence-electron chi connectivity index (χ1n) is 8.31. The fourth-order valence-electron chi connectivity index (χ4n) is 2.58. The Hall–Kier alpha value is -2.39. The van der Waals surface area contributed by atoms with Gasteiger partial charge in [0.25, 0.3) is 0 Å². The summed E-state index contributed by atoms with van der Waals surface area (Å²) < 4.78 is 43.1. The van der Waals surface area contributed by atoms with E-state index in [1.54, 1.807) is 6.07 Å². The van der Waals surface area contributed by atoms with Crippen molar-refractivity contribution in [2.45, 2.75) is 6.18 Å². The van der Waals surface area contributed by atoms with Gasteiger partial charge in [0.15, 0.2) is 0 Å². The monoisotopic (exact) mass is 367 g/mol. The van der Waals surface area contributed by atoms with Crippen molar-refractivity contribution in [2.24, 2.45) is 0 Å². The summed E-state index contributed by atoms with van der Waals surface area (Å²) in [7, 11) is 0. The van der Waals surface area contributed by atoms with Crippen molar-refractivity contribution in [1.29, 1.82) is 0 Å². The molecule has 6 nitrogen and oxygen atoms in total. The minimum absolute atomic E-state index is 0.508. The van der Waals surface area contributed by atoms with E-state index >= 15 is 0 Å². The highest BCUT2D eigenvalue weighted by atomic mass is 19.4. The van der Waals surface area contributed by atoms with Crippen molar-refractivity contribution in [1.82, 2.24) is 14.9 Å². The van der Waals surface area contributed by atoms with Gasteiger partial charge in [-0.3, -0.25) is 4.90 Å². The molecule has 3 rings (SSSR count). The zero-order valence-electron chi connectivity index (χ0n) is 14.1. The van der Waals surface area contributed by atoms with Crippen molar-refractivity contribution >= 4 is 17.3 Å². The van der Waals surface area contributed by atoms with E-state index < -0.39 is 11.7 Å². The topological polar surface area (TPSA) is 62.3 Å². The van der Waals surface area contributed by atoms with Crippen molar-refractivity contribution in [3.63, 3.8) is 0 Å². The molecule has 140 valence electrons. The van der Waals surface area contributed by atoms with Gasteiger partial charge >= 0.3 is 6.18 Å². The average molecular weight is 367 g/mol. The Labute approximate surface area is 149 Å². The van der Waals surface area contributed by atoms with Crippen molar-refractivity contribution in [3.05, 3.63) is 42.2 Å². The maximum absolute atomic E-state index is 12.6. The first-order chi connectivity index (χ1) is 12.5. The molecule has 0 saturated carbocycles. The molecule has 1 aliphatic rings. The van der Waals surface area contributed by atoms with Crippen molar-refractivity contribution in [3.8, 4) is 0 Å². The van der Waals surface area contributed by atoms with Crippen LogP contribution in [0.25, 0.3) is 0 Å². The van der Waals surface area contributed by atoms with Gasteiger partial charge in [-0.15, -0.1) is 0 Å². The van der Waals surface area contributed by atoms with E-state index in [1.807, 2.05) is 0 Å². The molecule has 26 heavy (non-hydrogen) atoms. The number of nitrogens with one attached hydrogen (secondary N) is 2. The number of hydrogen-bond acceptors (Lipinski definition) is 6. The lowest BCUT2D eigenvalue weighted by atomic mass is 10.2. The molecule has 9 heteroatoms. The first kappa shape index (κ1) is 18.4. The number of alkyl halides is 3. The molecule has 1 aromatic carbocycles. The van der Waals surface area contributed by atoms with Gasteiger partial charge in [-0.25, -0.2) is 9.97 Å². The van der Waals surface area contributed by atoms with Crippen LogP contribution in [0.4, 0.5) is 30.5 Å². The van der Waals surface area contributed by atoms with Crippen molar-refractivity contribution < 1.29 is 17.9 Å². The summed E-state index contributed by atoms with van der Waals surface area (Å²) in [6.07, 6.45) is -2.94. The van der Waals surface area contributed by atoms with Gasteiger partial charge < -0.3 is 15.4 Å². The molecule has 0 unspecified atom stereocenters. The number of rotatable bonds is 6.